The van der Waals surface area contributed by atoms with E-state index in [0.29, 0.717) is 17.9 Å². The molecule has 0 heterocycles. The Bertz CT molecular complexity index is 690. The van der Waals surface area contributed by atoms with Crippen LogP contribution in [0.4, 0.5) is 4.39 Å². The molecule has 0 saturated carbocycles. The maximum Gasteiger partial charge on any atom is 0.148 e. The van der Waals surface area contributed by atoms with Crippen LogP contribution in [0.25, 0.3) is 0 Å². The smallest absolute Gasteiger partial charge is 0.148 e. The van der Waals surface area contributed by atoms with Crippen LogP contribution in [0.15, 0.2) is 39.3 Å². The molecule has 21 heavy (non-hydrogen) atoms. The predicted octanol–water partition coefficient (Wildman–Crippen LogP) is 4.26. The Labute approximate surface area is 138 Å². The van der Waals surface area contributed by atoms with E-state index >= 15 is 0 Å². The molecule has 0 aliphatic carbocycles. The zero-order valence-corrected chi connectivity index (χ0v) is 14.0. The van der Waals surface area contributed by atoms with E-state index in [9.17, 15) is 4.39 Å². The number of ether oxygens (including phenoxy) is 1. The molecule has 0 aliphatic rings. The molecule has 0 fully saturated rings. The van der Waals surface area contributed by atoms with Crippen LogP contribution in [0.5, 0.6) is 5.75 Å². The molecule has 3 nitrogen and oxygen atoms in total. The number of rotatable bonds is 4. The molecule has 2 aromatic rings. The minimum absolute atomic E-state index is 0.158. The third-order valence-electron chi connectivity index (χ3n) is 2.76. The molecule has 2 N–H and O–H groups in total. The summed E-state index contributed by atoms with van der Waals surface area (Å²) in [6.07, 6.45) is 0. The van der Waals surface area contributed by atoms with Crippen molar-refractivity contribution in [2.75, 3.05) is 0 Å². The summed E-state index contributed by atoms with van der Waals surface area (Å²) in [4.78, 5) is 0. The summed E-state index contributed by atoms with van der Waals surface area (Å²) in [5.74, 6) is 0.152. The molecule has 0 amide bonds. The lowest BCUT2D eigenvalue weighted by Crippen LogP contribution is -2.01. The highest BCUT2D eigenvalue weighted by Gasteiger charge is 2.10. The molecule has 0 atom stereocenters. The van der Waals surface area contributed by atoms with Gasteiger partial charge in [-0.15, -0.1) is 0 Å². The fourth-order valence-electron chi connectivity index (χ4n) is 1.82. The molecule has 0 radical (unpaired) electrons. The highest BCUT2D eigenvalue weighted by atomic mass is 79.9. The third-order valence-corrected chi connectivity index (χ3v) is 3.94. The number of halogens is 3. The lowest BCUT2D eigenvalue weighted by atomic mass is 10.1. The third kappa shape index (κ3) is 4.03. The number of benzene rings is 2. The maximum atomic E-state index is 13.4. The number of hydrogen-bond acceptors (Lipinski definition) is 3. The van der Waals surface area contributed by atoms with Gasteiger partial charge >= 0.3 is 0 Å². The Morgan fingerprint density at radius 2 is 1.76 bits per heavy atom. The van der Waals surface area contributed by atoms with Gasteiger partial charge in [-0.25, -0.2) is 4.39 Å². The van der Waals surface area contributed by atoms with Crippen LogP contribution in [0.2, 0.25) is 0 Å². The number of nitrogens with zero attached hydrogens (tertiary/aromatic N) is 1. The van der Waals surface area contributed by atoms with Crippen molar-refractivity contribution in [3.05, 3.63) is 61.8 Å². The molecule has 0 aliphatic heterocycles. The van der Waals surface area contributed by atoms with Crippen molar-refractivity contribution in [1.29, 1.82) is 5.26 Å². The van der Waals surface area contributed by atoms with Gasteiger partial charge in [0.15, 0.2) is 0 Å². The zero-order chi connectivity index (χ0) is 15.4. The molecule has 2 aromatic carbocycles. The minimum atomic E-state index is -0.454. The summed E-state index contributed by atoms with van der Waals surface area (Å²) in [5, 5.41) is 8.83. The average molecular weight is 414 g/mol. The second-order valence-corrected chi connectivity index (χ2v) is 6.05. The Morgan fingerprint density at radius 3 is 2.33 bits per heavy atom. The van der Waals surface area contributed by atoms with Gasteiger partial charge in [-0.1, -0.05) is 0 Å². The first-order valence-corrected chi connectivity index (χ1v) is 7.62. The maximum absolute atomic E-state index is 13.4. The Morgan fingerprint density at radius 1 is 1.10 bits per heavy atom. The van der Waals surface area contributed by atoms with Gasteiger partial charge in [-0.2, -0.15) is 5.26 Å². The van der Waals surface area contributed by atoms with Crippen LogP contribution in [0.1, 0.15) is 16.7 Å². The van der Waals surface area contributed by atoms with Gasteiger partial charge in [0.05, 0.1) is 20.6 Å². The van der Waals surface area contributed by atoms with E-state index in [1.807, 2.05) is 18.2 Å². The highest BCUT2D eigenvalue weighted by Crippen LogP contribution is 2.35. The molecule has 0 bridgehead atoms. The van der Waals surface area contributed by atoms with E-state index in [1.54, 1.807) is 6.07 Å². The fourth-order valence-corrected chi connectivity index (χ4v) is 3.33. The first kappa shape index (κ1) is 16.0. The number of nitrogens with two attached hydrogens (primary N) is 1. The van der Waals surface area contributed by atoms with Gasteiger partial charge in [0, 0.05) is 6.54 Å². The summed E-state index contributed by atoms with van der Waals surface area (Å²) < 4.78 is 20.6. The van der Waals surface area contributed by atoms with E-state index in [0.717, 1.165) is 14.5 Å². The lowest BCUT2D eigenvalue weighted by Gasteiger charge is -2.12. The van der Waals surface area contributed by atoms with E-state index in [2.05, 4.69) is 31.9 Å². The quantitative estimate of drug-likeness (QED) is 0.814. The number of hydrogen-bond donors (Lipinski definition) is 1. The SMILES string of the molecule is N#Cc1cc(F)cc(COc2c(Br)cc(CN)cc2Br)c1. The first-order valence-electron chi connectivity index (χ1n) is 6.04. The summed E-state index contributed by atoms with van der Waals surface area (Å²) in [5.41, 5.74) is 7.41. The molecular weight excluding hydrogens is 403 g/mol. The van der Waals surface area contributed by atoms with Crippen LogP contribution in [0.3, 0.4) is 0 Å². The standard InChI is InChI=1S/C15H11Br2FN2O/c16-13-4-10(7-20)5-14(17)15(13)21-8-11-1-9(6-19)2-12(18)3-11/h1-5H,7-8,20H2. The van der Waals surface area contributed by atoms with Gasteiger partial charge < -0.3 is 10.5 Å². The summed E-state index contributed by atoms with van der Waals surface area (Å²) in [6, 6.07) is 9.78. The summed E-state index contributed by atoms with van der Waals surface area (Å²) in [6.45, 7) is 0.582. The summed E-state index contributed by atoms with van der Waals surface area (Å²) in [7, 11) is 0. The van der Waals surface area contributed by atoms with E-state index < -0.39 is 5.82 Å². The van der Waals surface area contributed by atoms with Gasteiger partial charge in [-0.05, 0) is 73.3 Å². The van der Waals surface area contributed by atoms with Crippen LogP contribution < -0.4 is 10.5 Å². The average Bonchev–Trinajstić information content (AvgIpc) is 2.45. The van der Waals surface area contributed by atoms with Crippen molar-refractivity contribution < 1.29 is 9.13 Å². The summed E-state index contributed by atoms with van der Waals surface area (Å²) >= 11 is 6.84. The molecule has 2 rings (SSSR count). The van der Waals surface area contributed by atoms with Crippen molar-refractivity contribution in [2.45, 2.75) is 13.2 Å². The largest absolute Gasteiger partial charge is 0.487 e. The second-order valence-electron chi connectivity index (χ2n) is 4.34. The second kappa shape index (κ2) is 7.03. The lowest BCUT2D eigenvalue weighted by molar-refractivity contribution is 0.301. The molecule has 0 saturated heterocycles. The van der Waals surface area contributed by atoms with Crippen molar-refractivity contribution >= 4 is 31.9 Å². The molecule has 0 spiro atoms. The normalized spacial score (nSPS) is 10.2. The van der Waals surface area contributed by atoms with Gasteiger partial charge in [0.2, 0.25) is 0 Å². The van der Waals surface area contributed by atoms with E-state index in [4.69, 9.17) is 15.7 Å². The van der Waals surface area contributed by atoms with Crippen LogP contribution in [0, 0.1) is 17.1 Å². The van der Waals surface area contributed by atoms with Gasteiger partial charge in [0.25, 0.3) is 0 Å². The van der Waals surface area contributed by atoms with Crippen molar-refractivity contribution in [2.24, 2.45) is 5.73 Å². The minimum Gasteiger partial charge on any atom is -0.487 e. The van der Waals surface area contributed by atoms with E-state index in [-0.39, 0.29) is 12.2 Å². The fraction of sp³-hybridized carbons (Fsp3) is 0.133. The zero-order valence-electron chi connectivity index (χ0n) is 10.9. The van der Waals surface area contributed by atoms with Gasteiger partial charge in [0.1, 0.15) is 18.2 Å². The molecular formula is C15H11Br2FN2O. The van der Waals surface area contributed by atoms with Crippen LogP contribution >= 0.6 is 31.9 Å². The highest BCUT2D eigenvalue weighted by molar-refractivity contribution is 9.11. The Hall–Kier alpha value is -1.42. The van der Waals surface area contributed by atoms with Crippen LogP contribution in [-0.2, 0) is 13.2 Å². The number of nitriles is 1. The monoisotopic (exact) mass is 412 g/mol. The van der Waals surface area contributed by atoms with E-state index in [1.165, 1.54) is 12.1 Å². The van der Waals surface area contributed by atoms with Crippen molar-refractivity contribution in [1.82, 2.24) is 0 Å². The molecule has 108 valence electrons. The van der Waals surface area contributed by atoms with Gasteiger partial charge in [-0.3, -0.25) is 0 Å². The molecule has 0 aromatic heterocycles. The van der Waals surface area contributed by atoms with Crippen molar-refractivity contribution in [3.8, 4) is 11.8 Å². The topological polar surface area (TPSA) is 59.0 Å². The predicted molar refractivity (Wildman–Crippen MR) is 85.2 cm³/mol. The molecule has 6 heteroatoms. The first-order chi connectivity index (χ1) is 10.0. The Kier molecular flexibility index (Phi) is 5.34. The van der Waals surface area contributed by atoms with Crippen LogP contribution in [-0.4, -0.2) is 0 Å². The molecule has 0 unspecified atom stereocenters. The van der Waals surface area contributed by atoms with Crippen molar-refractivity contribution in [3.63, 3.8) is 0 Å². The Balaban J connectivity index is 2.21.